The molecule has 2 aromatic heterocycles. The monoisotopic (exact) mass is 482 g/mol. The number of hydrogen-bond donors (Lipinski definition) is 1. The maximum absolute atomic E-state index is 13.6. The fourth-order valence-corrected chi connectivity index (χ4v) is 4.32. The summed E-state index contributed by atoms with van der Waals surface area (Å²) in [7, 11) is 0. The van der Waals surface area contributed by atoms with E-state index in [2.05, 4.69) is 24.9 Å². The molecule has 8 nitrogen and oxygen atoms in total. The van der Waals surface area contributed by atoms with E-state index in [0.717, 1.165) is 12.0 Å². The first kappa shape index (κ1) is 22.6. The maximum Gasteiger partial charge on any atom is 0.573 e. The summed E-state index contributed by atoms with van der Waals surface area (Å²) in [6, 6.07) is 11.0. The van der Waals surface area contributed by atoms with E-state index in [1.165, 1.54) is 29.2 Å². The molecule has 0 bridgehead atoms. The second-order valence-electron chi connectivity index (χ2n) is 8.22. The van der Waals surface area contributed by atoms with Gasteiger partial charge in [0.05, 0.1) is 41.6 Å². The number of H-pyrrole nitrogens is 1. The second kappa shape index (κ2) is 8.90. The summed E-state index contributed by atoms with van der Waals surface area (Å²) in [5.41, 5.74) is 2.58. The molecule has 1 fully saturated rings. The van der Waals surface area contributed by atoms with Crippen molar-refractivity contribution in [1.82, 2.24) is 29.9 Å². The molecule has 1 aliphatic rings. The molecule has 5 rings (SSSR count). The first-order valence-electron chi connectivity index (χ1n) is 11.0. The standard InChI is InChI=1S/C24H21F3N6O2/c1-15-8-9-17(20(13-15)33-29-10-11-30-33)23(34)32-12-4-6-19(32)22-28-14-18(31-22)16-5-2-3-7-21(16)35-24(25,26)27/h2-3,5,7-11,13-14,19H,4,6,12H2,1H3,(H,28,31). The molecule has 1 amide bonds. The molecule has 0 saturated carbocycles. The maximum atomic E-state index is 13.6. The zero-order chi connectivity index (χ0) is 24.6. The Kier molecular flexibility index (Phi) is 5.75. The van der Waals surface area contributed by atoms with Gasteiger partial charge < -0.3 is 14.6 Å². The average molecular weight is 482 g/mol. The van der Waals surface area contributed by atoms with Gasteiger partial charge >= 0.3 is 6.36 Å². The van der Waals surface area contributed by atoms with Gasteiger partial charge in [0.1, 0.15) is 11.6 Å². The zero-order valence-corrected chi connectivity index (χ0v) is 18.7. The third-order valence-electron chi connectivity index (χ3n) is 5.85. The normalized spacial score (nSPS) is 16.0. The lowest BCUT2D eigenvalue weighted by Gasteiger charge is -2.24. The highest BCUT2D eigenvalue weighted by molar-refractivity contribution is 5.98. The molecule has 1 N–H and O–H groups in total. The predicted octanol–water partition coefficient (Wildman–Crippen LogP) is 4.84. The van der Waals surface area contributed by atoms with E-state index in [0.29, 0.717) is 35.7 Å². The minimum atomic E-state index is -4.82. The minimum absolute atomic E-state index is 0.196. The molecule has 3 heterocycles. The third kappa shape index (κ3) is 4.61. The number of aryl methyl sites for hydroxylation is 1. The molecule has 1 unspecified atom stereocenters. The lowest BCUT2D eigenvalue weighted by Crippen LogP contribution is -2.32. The number of halogens is 3. The fraction of sp³-hybridized carbons (Fsp3) is 0.250. The second-order valence-corrected chi connectivity index (χ2v) is 8.22. The number of benzene rings is 2. The lowest BCUT2D eigenvalue weighted by atomic mass is 10.1. The van der Waals surface area contributed by atoms with E-state index in [1.807, 2.05) is 19.1 Å². The number of alkyl halides is 3. The van der Waals surface area contributed by atoms with Crippen LogP contribution in [-0.4, -0.2) is 48.7 Å². The molecule has 180 valence electrons. The van der Waals surface area contributed by atoms with Crippen LogP contribution in [0.4, 0.5) is 13.2 Å². The van der Waals surface area contributed by atoms with Gasteiger partial charge in [0, 0.05) is 12.1 Å². The number of carbonyl (C=O) groups is 1. The molecule has 1 atom stereocenters. The Labute approximate surface area is 198 Å². The van der Waals surface area contributed by atoms with Crippen molar-refractivity contribution in [2.45, 2.75) is 32.2 Å². The van der Waals surface area contributed by atoms with Gasteiger partial charge in [-0.05, 0) is 49.6 Å². The number of aromatic nitrogens is 5. The van der Waals surface area contributed by atoms with Gasteiger partial charge in [-0.2, -0.15) is 15.0 Å². The number of likely N-dealkylation sites (tertiary alicyclic amines) is 1. The summed E-state index contributed by atoms with van der Waals surface area (Å²) >= 11 is 0. The van der Waals surface area contributed by atoms with Crippen molar-refractivity contribution in [1.29, 1.82) is 0 Å². The fourth-order valence-electron chi connectivity index (χ4n) is 4.32. The number of carbonyl (C=O) groups excluding carboxylic acids is 1. The van der Waals surface area contributed by atoms with Crippen molar-refractivity contribution in [2.24, 2.45) is 0 Å². The van der Waals surface area contributed by atoms with Crippen LogP contribution < -0.4 is 4.74 Å². The molecular weight excluding hydrogens is 461 g/mol. The zero-order valence-electron chi connectivity index (χ0n) is 18.7. The Morgan fingerprint density at radius 1 is 1.14 bits per heavy atom. The number of aromatic amines is 1. The van der Waals surface area contributed by atoms with Crippen molar-refractivity contribution in [3.63, 3.8) is 0 Å². The van der Waals surface area contributed by atoms with E-state index in [1.54, 1.807) is 29.4 Å². The average Bonchev–Trinajstić information content (AvgIpc) is 3.59. The summed E-state index contributed by atoms with van der Waals surface area (Å²) < 4.78 is 42.7. The molecule has 4 aromatic rings. The molecular formula is C24H21F3N6O2. The number of rotatable bonds is 5. The predicted molar refractivity (Wildman–Crippen MR) is 120 cm³/mol. The van der Waals surface area contributed by atoms with E-state index in [4.69, 9.17) is 0 Å². The third-order valence-corrected chi connectivity index (χ3v) is 5.85. The van der Waals surface area contributed by atoms with Crippen LogP contribution in [0.5, 0.6) is 5.75 Å². The van der Waals surface area contributed by atoms with Gasteiger partial charge in [0.2, 0.25) is 0 Å². The molecule has 1 aliphatic heterocycles. The van der Waals surface area contributed by atoms with Gasteiger partial charge in [-0.15, -0.1) is 13.2 Å². The van der Waals surface area contributed by atoms with Crippen molar-refractivity contribution in [2.75, 3.05) is 6.54 Å². The number of hydrogen-bond acceptors (Lipinski definition) is 5. The van der Waals surface area contributed by atoms with Crippen molar-refractivity contribution >= 4 is 5.91 Å². The Bertz CT molecular complexity index is 1350. The summed E-state index contributed by atoms with van der Waals surface area (Å²) in [6.07, 6.45) is 1.16. The van der Waals surface area contributed by atoms with Crippen LogP contribution in [0, 0.1) is 6.92 Å². The number of nitrogens with one attached hydrogen (secondary N) is 1. The molecule has 0 spiro atoms. The lowest BCUT2D eigenvalue weighted by molar-refractivity contribution is -0.274. The number of para-hydroxylation sites is 1. The SMILES string of the molecule is Cc1ccc(C(=O)N2CCCC2c2ncc(-c3ccccc3OC(F)(F)F)[nH]2)c(-n2nccn2)c1. The number of ether oxygens (including phenoxy) is 1. The quantitative estimate of drug-likeness (QED) is 0.440. The van der Waals surface area contributed by atoms with Gasteiger partial charge in [-0.1, -0.05) is 18.2 Å². The summed E-state index contributed by atoms with van der Waals surface area (Å²) in [5.74, 6) is -0.0253. The number of nitrogens with zero attached hydrogens (tertiary/aromatic N) is 5. The summed E-state index contributed by atoms with van der Waals surface area (Å²) in [4.78, 5) is 24.3. The highest BCUT2D eigenvalue weighted by Gasteiger charge is 2.35. The van der Waals surface area contributed by atoms with Crippen LogP contribution in [0.3, 0.4) is 0 Å². The van der Waals surface area contributed by atoms with Crippen LogP contribution in [0.25, 0.3) is 16.9 Å². The van der Waals surface area contributed by atoms with Crippen LogP contribution in [-0.2, 0) is 0 Å². The highest BCUT2D eigenvalue weighted by atomic mass is 19.4. The van der Waals surface area contributed by atoms with Gasteiger partial charge in [0.25, 0.3) is 5.91 Å². The Balaban J connectivity index is 1.45. The largest absolute Gasteiger partial charge is 0.573 e. The van der Waals surface area contributed by atoms with Crippen LogP contribution >= 0.6 is 0 Å². The van der Waals surface area contributed by atoms with Gasteiger partial charge in [-0.3, -0.25) is 4.79 Å². The highest BCUT2D eigenvalue weighted by Crippen LogP contribution is 2.36. The topological polar surface area (TPSA) is 88.9 Å². The molecule has 0 radical (unpaired) electrons. The van der Waals surface area contributed by atoms with E-state index < -0.39 is 6.36 Å². The first-order chi connectivity index (χ1) is 16.8. The summed E-state index contributed by atoms with van der Waals surface area (Å²) in [5, 5.41) is 8.34. The Morgan fingerprint density at radius 3 is 2.69 bits per heavy atom. The molecule has 11 heteroatoms. The Hall–Kier alpha value is -4.15. The van der Waals surface area contributed by atoms with E-state index in [9.17, 15) is 18.0 Å². The van der Waals surface area contributed by atoms with Crippen LogP contribution in [0.15, 0.2) is 61.1 Å². The molecule has 2 aromatic carbocycles. The van der Waals surface area contributed by atoms with Gasteiger partial charge in [-0.25, -0.2) is 4.98 Å². The summed E-state index contributed by atoms with van der Waals surface area (Å²) in [6.45, 7) is 2.44. The van der Waals surface area contributed by atoms with Crippen LogP contribution in [0.1, 0.15) is 40.6 Å². The number of amides is 1. The van der Waals surface area contributed by atoms with Crippen LogP contribution in [0.2, 0.25) is 0 Å². The molecule has 1 saturated heterocycles. The van der Waals surface area contributed by atoms with Crippen molar-refractivity contribution < 1.29 is 22.7 Å². The first-order valence-corrected chi connectivity index (χ1v) is 11.0. The number of imidazole rings is 1. The van der Waals surface area contributed by atoms with E-state index >= 15 is 0 Å². The van der Waals surface area contributed by atoms with E-state index in [-0.39, 0.29) is 23.3 Å². The molecule has 35 heavy (non-hydrogen) atoms. The van der Waals surface area contributed by atoms with Crippen molar-refractivity contribution in [3.8, 4) is 22.7 Å². The van der Waals surface area contributed by atoms with Crippen molar-refractivity contribution in [3.05, 3.63) is 78.0 Å². The minimum Gasteiger partial charge on any atom is -0.405 e. The van der Waals surface area contributed by atoms with Gasteiger partial charge in [0.15, 0.2) is 0 Å². The smallest absolute Gasteiger partial charge is 0.405 e. The Morgan fingerprint density at radius 2 is 1.91 bits per heavy atom. The molecule has 0 aliphatic carbocycles.